The quantitative estimate of drug-likeness (QED) is 0.545. The predicted octanol–water partition coefficient (Wildman–Crippen LogP) is 2.91. The molecule has 19 heavy (non-hydrogen) atoms. The summed E-state index contributed by atoms with van der Waals surface area (Å²) in [6, 6.07) is 0. The van der Waals surface area contributed by atoms with E-state index in [1.807, 2.05) is 0 Å². The molecule has 0 aromatic carbocycles. The fraction of sp³-hybridized carbons (Fsp3) is 0.867. The van der Waals surface area contributed by atoms with Gasteiger partial charge in [-0.05, 0) is 24.2 Å². The summed E-state index contributed by atoms with van der Waals surface area (Å²) in [7, 11) is 1.40. The first-order valence-electron chi connectivity index (χ1n) is 7.11. The number of ether oxygens (including phenoxy) is 1. The van der Waals surface area contributed by atoms with Crippen LogP contribution in [-0.2, 0) is 14.3 Å². The second-order valence-corrected chi connectivity index (χ2v) is 6.21. The Bertz CT molecular complexity index is 282. The number of amides is 1. The first kappa shape index (κ1) is 17.9. The van der Waals surface area contributed by atoms with Crippen LogP contribution in [0.15, 0.2) is 0 Å². The summed E-state index contributed by atoms with van der Waals surface area (Å²) < 4.78 is 4.56. The Morgan fingerprint density at radius 3 is 2.32 bits per heavy atom. The maximum absolute atomic E-state index is 11.7. The van der Waals surface area contributed by atoms with Gasteiger partial charge in [0.05, 0.1) is 7.11 Å². The van der Waals surface area contributed by atoms with Crippen LogP contribution < -0.4 is 5.32 Å². The van der Waals surface area contributed by atoms with Crippen molar-refractivity contribution in [3.8, 4) is 0 Å². The maximum atomic E-state index is 11.7. The Kier molecular flexibility index (Phi) is 8.44. The molecule has 0 aromatic rings. The first-order valence-corrected chi connectivity index (χ1v) is 7.11. The molecule has 4 nitrogen and oxygen atoms in total. The molecule has 0 aromatic heterocycles. The highest BCUT2D eigenvalue weighted by molar-refractivity contribution is 5.76. The maximum Gasteiger partial charge on any atom is 0.305 e. The van der Waals surface area contributed by atoms with Crippen molar-refractivity contribution in [3.63, 3.8) is 0 Å². The Hall–Kier alpha value is -1.06. The standard InChI is InChI=1S/C15H29NO3/c1-12(15(2,3)4)11-13(17)16-10-8-6-7-9-14(18)19-5/h12H,6-11H2,1-5H3,(H,16,17). The normalized spacial score (nSPS) is 12.9. The van der Waals surface area contributed by atoms with Crippen LogP contribution in [0.3, 0.4) is 0 Å². The van der Waals surface area contributed by atoms with E-state index in [1.165, 1.54) is 7.11 Å². The van der Waals surface area contributed by atoms with Gasteiger partial charge in [0.25, 0.3) is 0 Å². The summed E-state index contributed by atoms with van der Waals surface area (Å²) in [5.74, 6) is 0.324. The lowest BCUT2D eigenvalue weighted by Crippen LogP contribution is -2.29. The van der Waals surface area contributed by atoms with Crippen molar-refractivity contribution in [1.29, 1.82) is 0 Å². The highest BCUT2D eigenvalue weighted by atomic mass is 16.5. The van der Waals surface area contributed by atoms with E-state index in [1.54, 1.807) is 0 Å². The van der Waals surface area contributed by atoms with Crippen LogP contribution in [0.5, 0.6) is 0 Å². The van der Waals surface area contributed by atoms with Crippen molar-refractivity contribution < 1.29 is 14.3 Å². The molecule has 0 aliphatic rings. The molecule has 0 heterocycles. The zero-order valence-electron chi connectivity index (χ0n) is 13.0. The van der Waals surface area contributed by atoms with Crippen molar-refractivity contribution in [2.45, 2.75) is 59.8 Å². The van der Waals surface area contributed by atoms with Gasteiger partial charge in [-0.1, -0.05) is 34.1 Å². The van der Waals surface area contributed by atoms with Gasteiger partial charge >= 0.3 is 5.97 Å². The van der Waals surface area contributed by atoms with Crippen LogP contribution in [-0.4, -0.2) is 25.5 Å². The number of methoxy groups -OCH3 is 1. The molecule has 0 rings (SSSR count). The lowest BCUT2D eigenvalue weighted by atomic mass is 9.80. The smallest absolute Gasteiger partial charge is 0.305 e. The first-order chi connectivity index (χ1) is 8.77. The van der Waals surface area contributed by atoms with Gasteiger partial charge in [0.2, 0.25) is 5.91 Å². The van der Waals surface area contributed by atoms with Gasteiger partial charge in [-0.15, -0.1) is 0 Å². The molecule has 0 aliphatic heterocycles. The van der Waals surface area contributed by atoms with Gasteiger partial charge in [-0.2, -0.15) is 0 Å². The lowest BCUT2D eigenvalue weighted by Gasteiger charge is -2.26. The third-order valence-electron chi connectivity index (χ3n) is 3.58. The van der Waals surface area contributed by atoms with Gasteiger partial charge in [0, 0.05) is 19.4 Å². The third kappa shape index (κ3) is 9.51. The Morgan fingerprint density at radius 1 is 1.16 bits per heavy atom. The van der Waals surface area contributed by atoms with Gasteiger partial charge in [-0.3, -0.25) is 9.59 Å². The van der Waals surface area contributed by atoms with Crippen LogP contribution in [0.4, 0.5) is 0 Å². The number of carbonyl (C=O) groups is 2. The highest BCUT2D eigenvalue weighted by Gasteiger charge is 2.22. The van der Waals surface area contributed by atoms with Crippen LogP contribution >= 0.6 is 0 Å². The predicted molar refractivity (Wildman–Crippen MR) is 76.7 cm³/mol. The van der Waals surface area contributed by atoms with E-state index < -0.39 is 0 Å². The van der Waals surface area contributed by atoms with Crippen molar-refractivity contribution in [1.82, 2.24) is 5.32 Å². The van der Waals surface area contributed by atoms with Crippen molar-refractivity contribution in [2.24, 2.45) is 11.3 Å². The van der Waals surface area contributed by atoms with E-state index in [0.717, 1.165) is 19.3 Å². The number of unbranched alkanes of at least 4 members (excludes halogenated alkanes) is 2. The summed E-state index contributed by atoms with van der Waals surface area (Å²) in [5, 5.41) is 2.93. The highest BCUT2D eigenvalue weighted by Crippen LogP contribution is 2.27. The minimum Gasteiger partial charge on any atom is -0.469 e. The van der Waals surface area contributed by atoms with Crippen LogP contribution in [0.1, 0.15) is 59.8 Å². The molecule has 0 saturated carbocycles. The van der Waals surface area contributed by atoms with E-state index in [-0.39, 0.29) is 17.3 Å². The average Bonchev–Trinajstić information content (AvgIpc) is 2.31. The monoisotopic (exact) mass is 271 g/mol. The molecule has 4 heteroatoms. The number of carbonyl (C=O) groups excluding carboxylic acids is 2. The summed E-state index contributed by atoms with van der Waals surface area (Å²) in [6.45, 7) is 9.25. The fourth-order valence-corrected chi connectivity index (χ4v) is 1.56. The van der Waals surface area contributed by atoms with E-state index in [2.05, 4.69) is 37.7 Å². The zero-order valence-corrected chi connectivity index (χ0v) is 13.0. The molecule has 0 saturated heterocycles. The Morgan fingerprint density at radius 2 is 1.79 bits per heavy atom. The van der Waals surface area contributed by atoms with Gasteiger partial charge in [-0.25, -0.2) is 0 Å². The van der Waals surface area contributed by atoms with E-state index >= 15 is 0 Å². The molecular weight excluding hydrogens is 242 g/mol. The number of hydrogen-bond acceptors (Lipinski definition) is 3. The molecule has 1 unspecified atom stereocenters. The molecule has 0 spiro atoms. The fourth-order valence-electron chi connectivity index (χ4n) is 1.56. The van der Waals surface area contributed by atoms with Gasteiger partial charge < -0.3 is 10.1 Å². The van der Waals surface area contributed by atoms with Crippen LogP contribution in [0, 0.1) is 11.3 Å². The molecular formula is C15H29NO3. The summed E-state index contributed by atoms with van der Waals surface area (Å²) in [5.41, 5.74) is 0.165. The number of nitrogens with one attached hydrogen (secondary N) is 1. The lowest BCUT2D eigenvalue weighted by molar-refractivity contribution is -0.140. The number of rotatable bonds is 8. The van der Waals surface area contributed by atoms with E-state index in [9.17, 15) is 9.59 Å². The molecule has 0 aliphatic carbocycles. The molecule has 0 bridgehead atoms. The molecule has 112 valence electrons. The third-order valence-corrected chi connectivity index (χ3v) is 3.58. The molecule has 1 N–H and O–H groups in total. The second-order valence-electron chi connectivity index (χ2n) is 6.21. The zero-order chi connectivity index (χ0) is 14.9. The minimum atomic E-state index is -0.164. The van der Waals surface area contributed by atoms with Crippen LogP contribution in [0.2, 0.25) is 0 Å². The van der Waals surface area contributed by atoms with Crippen LogP contribution in [0.25, 0.3) is 0 Å². The molecule has 0 radical (unpaired) electrons. The van der Waals surface area contributed by atoms with E-state index in [0.29, 0.717) is 25.3 Å². The minimum absolute atomic E-state index is 0.121. The summed E-state index contributed by atoms with van der Waals surface area (Å²) in [6.07, 6.45) is 3.70. The SMILES string of the molecule is COC(=O)CCCCCNC(=O)CC(C)C(C)(C)C. The number of esters is 1. The van der Waals surface area contributed by atoms with Crippen molar-refractivity contribution >= 4 is 11.9 Å². The summed E-state index contributed by atoms with van der Waals surface area (Å²) >= 11 is 0. The summed E-state index contributed by atoms with van der Waals surface area (Å²) in [4.78, 5) is 22.6. The Labute approximate surface area is 117 Å². The van der Waals surface area contributed by atoms with Crippen molar-refractivity contribution in [2.75, 3.05) is 13.7 Å². The largest absolute Gasteiger partial charge is 0.469 e. The molecule has 0 fully saturated rings. The van der Waals surface area contributed by atoms with Gasteiger partial charge in [0.1, 0.15) is 0 Å². The van der Waals surface area contributed by atoms with Gasteiger partial charge in [0.15, 0.2) is 0 Å². The Balaban J connectivity index is 3.57. The molecule has 1 amide bonds. The van der Waals surface area contributed by atoms with Crippen molar-refractivity contribution in [3.05, 3.63) is 0 Å². The number of hydrogen-bond donors (Lipinski definition) is 1. The topological polar surface area (TPSA) is 55.4 Å². The van der Waals surface area contributed by atoms with E-state index in [4.69, 9.17) is 0 Å². The average molecular weight is 271 g/mol. The second kappa shape index (κ2) is 8.94. The molecule has 1 atom stereocenters.